The first-order chi connectivity index (χ1) is 8.90. The predicted octanol–water partition coefficient (Wildman–Crippen LogP) is 2.32. The standard InChI is InChI=1S/C13H17ClN2O3/c1-7(13(18)19)8(2)15-12(17)11-5-9(14)6-16(11)10-3-4-10/h5-8,10H,3-4H2,1-2H3,(H,15,17)(H,18,19). The lowest BCUT2D eigenvalue weighted by Crippen LogP contribution is -2.40. The number of aliphatic carboxylic acids is 1. The Kier molecular flexibility index (Phi) is 3.85. The summed E-state index contributed by atoms with van der Waals surface area (Å²) in [6, 6.07) is 1.53. The Bertz CT molecular complexity index is 508. The molecule has 2 atom stereocenters. The van der Waals surface area contributed by atoms with Crippen molar-refractivity contribution in [3.05, 3.63) is 23.0 Å². The normalized spacial score (nSPS) is 17.8. The van der Waals surface area contributed by atoms with E-state index in [-0.39, 0.29) is 5.91 Å². The Morgan fingerprint density at radius 2 is 2.11 bits per heavy atom. The summed E-state index contributed by atoms with van der Waals surface area (Å²) in [6.07, 6.45) is 3.85. The first kappa shape index (κ1) is 13.9. The molecule has 1 heterocycles. The number of amides is 1. The zero-order valence-electron chi connectivity index (χ0n) is 10.9. The molecule has 1 amide bonds. The summed E-state index contributed by atoms with van der Waals surface area (Å²) in [5, 5.41) is 12.2. The third-order valence-corrected chi connectivity index (χ3v) is 3.69. The van der Waals surface area contributed by atoms with E-state index in [0.717, 1.165) is 12.8 Å². The Hall–Kier alpha value is -1.49. The summed E-state index contributed by atoms with van der Waals surface area (Å²) in [5.74, 6) is -1.84. The fraction of sp³-hybridized carbons (Fsp3) is 0.538. The third-order valence-electron chi connectivity index (χ3n) is 3.49. The molecule has 0 aliphatic heterocycles. The minimum atomic E-state index is -0.927. The van der Waals surface area contributed by atoms with Gasteiger partial charge in [0.05, 0.1) is 10.9 Å². The molecule has 2 rings (SSSR count). The van der Waals surface area contributed by atoms with Gasteiger partial charge in [0.15, 0.2) is 0 Å². The van der Waals surface area contributed by atoms with Crippen molar-refractivity contribution in [2.45, 2.75) is 38.8 Å². The minimum Gasteiger partial charge on any atom is -0.481 e. The van der Waals surface area contributed by atoms with E-state index in [9.17, 15) is 9.59 Å². The lowest BCUT2D eigenvalue weighted by Gasteiger charge is -2.18. The Morgan fingerprint density at radius 3 is 2.63 bits per heavy atom. The largest absolute Gasteiger partial charge is 0.481 e. The number of carbonyl (C=O) groups excluding carboxylic acids is 1. The summed E-state index contributed by atoms with van der Waals surface area (Å²) < 4.78 is 1.87. The van der Waals surface area contributed by atoms with E-state index >= 15 is 0 Å². The number of carbonyl (C=O) groups is 2. The van der Waals surface area contributed by atoms with Crippen LogP contribution in [0.25, 0.3) is 0 Å². The summed E-state index contributed by atoms with van der Waals surface area (Å²) in [6.45, 7) is 3.25. The predicted molar refractivity (Wildman–Crippen MR) is 71.4 cm³/mol. The van der Waals surface area contributed by atoms with E-state index in [1.54, 1.807) is 26.1 Å². The molecule has 1 aromatic heterocycles. The van der Waals surface area contributed by atoms with Gasteiger partial charge in [-0.25, -0.2) is 0 Å². The molecule has 0 saturated heterocycles. The van der Waals surface area contributed by atoms with E-state index in [0.29, 0.717) is 16.8 Å². The van der Waals surface area contributed by atoms with E-state index in [1.807, 2.05) is 4.57 Å². The zero-order chi connectivity index (χ0) is 14.2. The van der Waals surface area contributed by atoms with Gasteiger partial charge in [-0.2, -0.15) is 0 Å². The molecule has 5 nitrogen and oxygen atoms in total. The van der Waals surface area contributed by atoms with Gasteiger partial charge < -0.3 is 15.0 Å². The highest BCUT2D eigenvalue weighted by molar-refractivity contribution is 6.31. The molecule has 0 radical (unpaired) electrons. The molecule has 19 heavy (non-hydrogen) atoms. The maximum atomic E-state index is 12.2. The molecule has 1 saturated carbocycles. The number of hydrogen-bond acceptors (Lipinski definition) is 2. The van der Waals surface area contributed by atoms with E-state index in [2.05, 4.69) is 5.32 Å². The van der Waals surface area contributed by atoms with Crippen molar-refractivity contribution in [2.24, 2.45) is 5.92 Å². The van der Waals surface area contributed by atoms with Crippen LogP contribution in [-0.2, 0) is 4.79 Å². The second-order valence-corrected chi connectivity index (χ2v) is 5.51. The summed E-state index contributed by atoms with van der Waals surface area (Å²) in [5.41, 5.74) is 0.497. The van der Waals surface area contributed by atoms with E-state index < -0.39 is 17.9 Å². The van der Waals surface area contributed by atoms with Gasteiger partial charge >= 0.3 is 5.97 Å². The highest BCUT2D eigenvalue weighted by Crippen LogP contribution is 2.37. The average Bonchev–Trinajstić information content (AvgIpc) is 3.11. The summed E-state index contributed by atoms with van der Waals surface area (Å²) >= 11 is 5.94. The molecule has 2 unspecified atom stereocenters. The van der Waals surface area contributed by atoms with Crippen LogP contribution in [-0.4, -0.2) is 27.6 Å². The maximum Gasteiger partial charge on any atom is 0.308 e. The molecule has 0 aromatic carbocycles. The van der Waals surface area contributed by atoms with Gasteiger partial charge in [0.25, 0.3) is 5.91 Å². The quantitative estimate of drug-likeness (QED) is 0.871. The number of halogens is 1. The van der Waals surface area contributed by atoms with Crippen molar-refractivity contribution >= 4 is 23.5 Å². The molecule has 1 aliphatic carbocycles. The Balaban J connectivity index is 2.09. The van der Waals surface area contributed by atoms with Crippen molar-refractivity contribution in [3.8, 4) is 0 Å². The Labute approximate surface area is 116 Å². The van der Waals surface area contributed by atoms with Crippen LogP contribution in [0.15, 0.2) is 12.3 Å². The van der Waals surface area contributed by atoms with Crippen molar-refractivity contribution < 1.29 is 14.7 Å². The fourth-order valence-corrected chi connectivity index (χ4v) is 2.11. The molecule has 0 bridgehead atoms. The molecular weight excluding hydrogens is 268 g/mol. The van der Waals surface area contributed by atoms with Crippen LogP contribution in [0.1, 0.15) is 43.2 Å². The SMILES string of the molecule is CC(NC(=O)c1cc(Cl)cn1C1CC1)C(C)C(=O)O. The van der Waals surface area contributed by atoms with Crippen LogP contribution in [0.2, 0.25) is 5.02 Å². The van der Waals surface area contributed by atoms with Crippen molar-refractivity contribution in [1.82, 2.24) is 9.88 Å². The zero-order valence-corrected chi connectivity index (χ0v) is 11.6. The smallest absolute Gasteiger partial charge is 0.308 e. The number of rotatable bonds is 5. The second-order valence-electron chi connectivity index (χ2n) is 5.07. The lowest BCUT2D eigenvalue weighted by atomic mass is 10.0. The van der Waals surface area contributed by atoms with Crippen LogP contribution >= 0.6 is 11.6 Å². The molecule has 2 N–H and O–H groups in total. The van der Waals surface area contributed by atoms with Crippen molar-refractivity contribution in [3.63, 3.8) is 0 Å². The number of nitrogens with zero attached hydrogens (tertiary/aromatic N) is 1. The van der Waals surface area contributed by atoms with Crippen LogP contribution in [0.3, 0.4) is 0 Å². The first-order valence-electron chi connectivity index (χ1n) is 6.31. The number of hydrogen-bond donors (Lipinski definition) is 2. The number of carboxylic acids is 1. The monoisotopic (exact) mass is 284 g/mol. The first-order valence-corrected chi connectivity index (χ1v) is 6.69. The van der Waals surface area contributed by atoms with Gasteiger partial charge in [-0.15, -0.1) is 0 Å². The van der Waals surface area contributed by atoms with Crippen LogP contribution in [0, 0.1) is 5.92 Å². The van der Waals surface area contributed by atoms with Crippen LogP contribution in [0.5, 0.6) is 0 Å². The number of nitrogens with one attached hydrogen (secondary N) is 1. The molecule has 1 aromatic rings. The molecule has 1 fully saturated rings. The number of carboxylic acid groups (broad SMARTS) is 1. The topological polar surface area (TPSA) is 71.3 Å². The van der Waals surface area contributed by atoms with Gasteiger partial charge in [0, 0.05) is 18.3 Å². The number of aromatic nitrogens is 1. The lowest BCUT2D eigenvalue weighted by molar-refractivity contribution is -0.141. The van der Waals surface area contributed by atoms with Gasteiger partial charge in [0.1, 0.15) is 5.69 Å². The third kappa shape index (κ3) is 3.10. The van der Waals surface area contributed by atoms with Gasteiger partial charge in [-0.1, -0.05) is 11.6 Å². The molecule has 6 heteroatoms. The maximum absolute atomic E-state index is 12.2. The average molecular weight is 285 g/mol. The van der Waals surface area contributed by atoms with Gasteiger partial charge in [0.2, 0.25) is 0 Å². The van der Waals surface area contributed by atoms with Gasteiger partial charge in [-0.05, 0) is 32.8 Å². The van der Waals surface area contributed by atoms with Gasteiger partial charge in [-0.3, -0.25) is 9.59 Å². The summed E-state index contributed by atoms with van der Waals surface area (Å²) in [7, 11) is 0. The van der Waals surface area contributed by atoms with Crippen molar-refractivity contribution in [1.29, 1.82) is 0 Å². The summed E-state index contributed by atoms with van der Waals surface area (Å²) in [4.78, 5) is 23.0. The molecular formula is C13H17ClN2O3. The Morgan fingerprint density at radius 1 is 1.47 bits per heavy atom. The second kappa shape index (κ2) is 5.25. The van der Waals surface area contributed by atoms with E-state index in [4.69, 9.17) is 16.7 Å². The molecule has 0 spiro atoms. The fourth-order valence-electron chi connectivity index (χ4n) is 1.90. The molecule has 1 aliphatic rings. The highest BCUT2D eigenvalue weighted by Gasteiger charge is 2.29. The molecule has 104 valence electrons. The van der Waals surface area contributed by atoms with Crippen LogP contribution in [0.4, 0.5) is 0 Å². The minimum absolute atomic E-state index is 0.278. The van der Waals surface area contributed by atoms with Crippen molar-refractivity contribution in [2.75, 3.05) is 0 Å². The van der Waals surface area contributed by atoms with E-state index in [1.165, 1.54) is 0 Å². The van der Waals surface area contributed by atoms with Crippen LogP contribution < -0.4 is 5.32 Å². The highest BCUT2D eigenvalue weighted by atomic mass is 35.5.